The molecule has 0 radical (unpaired) electrons. The summed E-state index contributed by atoms with van der Waals surface area (Å²) >= 11 is 0. The SMILES string of the molecule is CC(C)N1CCOc2c(F)cc(-c3nc(Cc4ccc5c(c4)CCN(CC4CC4)C5)ncc3F)cc21. The molecule has 0 unspecified atom stereocenters. The van der Waals surface area contributed by atoms with Crippen LogP contribution in [0.15, 0.2) is 36.5 Å². The van der Waals surface area contributed by atoms with Crippen LogP contribution in [0.5, 0.6) is 5.75 Å². The molecule has 0 bridgehead atoms. The minimum atomic E-state index is -0.563. The number of aromatic nitrogens is 2. The Hall–Kier alpha value is -3.06. The number of fused-ring (bicyclic) bond motifs is 2. The average Bonchev–Trinajstić information content (AvgIpc) is 3.69. The van der Waals surface area contributed by atoms with Gasteiger partial charge in [0.05, 0.1) is 18.4 Å². The maximum atomic E-state index is 15.0. The summed E-state index contributed by atoms with van der Waals surface area (Å²) in [6, 6.07) is 9.84. The fraction of sp³-hybridized carbons (Fsp3) is 0.448. The normalized spacial score (nSPS) is 17.6. The molecule has 3 aliphatic rings. The van der Waals surface area contributed by atoms with Gasteiger partial charge in [-0.3, -0.25) is 4.90 Å². The summed E-state index contributed by atoms with van der Waals surface area (Å²) in [5.74, 6) is 0.580. The van der Waals surface area contributed by atoms with E-state index in [2.05, 4.69) is 38.0 Å². The number of ether oxygens (including phenoxy) is 1. The van der Waals surface area contributed by atoms with Gasteiger partial charge in [-0.15, -0.1) is 0 Å². The van der Waals surface area contributed by atoms with Crippen molar-refractivity contribution in [3.63, 3.8) is 0 Å². The van der Waals surface area contributed by atoms with Crippen molar-refractivity contribution in [3.8, 4) is 17.0 Å². The Morgan fingerprint density at radius 2 is 1.92 bits per heavy atom. The molecule has 0 amide bonds. The lowest BCUT2D eigenvalue weighted by Gasteiger charge is -2.34. The van der Waals surface area contributed by atoms with Crippen LogP contribution in [0.2, 0.25) is 0 Å². The van der Waals surface area contributed by atoms with Crippen LogP contribution in [-0.4, -0.2) is 47.2 Å². The molecule has 2 aliphatic heterocycles. The summed E-state index contributed by atoms with van der Waals surface area (Å²) in [5.41, 5.74) is 5.03. The van der Waals surface area contributed by atoms with Crippen molar-refractivity contribution in [3.05, 3.63) is 70.7 Å². The number of hydrogen-bond donors (Lipinski definition) is 0. The quantitative estimate of drug-likeness (QED) is 0.464. The molecule has 3 aromatic rings. The van der Waals surface area contributed by atoms with Gasteiger partial charge in [0.1, 0.15) is 18.1 Å². The van der Waals surface area contributed by atoms with E-state index >= 15 is 0 Å². The van der Waals surface area contributed by atoms with Crippen LogP contribution in [0.25, 0.3) is 11.3 Å². The molecule has 1 aliphatic carbocycles. The Labute approximate surface area is 211 Å². The fourth-order valence-corrected chi connectivity index (χ4v) is 5.44. The first-order chi connectivity index (χ1) is 17.4. The van der Waals surface area contributed by atoms with E-state index in [1.54, 1.807) is 6.07 Å². The molecule has 0 spiro atoms. The monoisotopic (exact) mass is 490 g/mol. The van der Waals surface area contributed by atoms with E-state index in [1.807, 2.05) is 13.8 Å². The van der Waals surface area contributed by atoms with Crippen molar-refractivity contribution in [2.45, 2.75) is 52.1 Å². The standard InChI is InChI=1S/C29H32F2N4O/c1-18(2)35-9-10-36-29-24(30)13-23(14-26(29)35)28-25(31)15-32-27(33-28)12-20-5-6-22-17-34(16-19-3-4-19)8-7-21(22)11-20/h5-6,11,13-15,18-19H,3-4,7-10,12,16-17H2,1-2H3. The lowest BCUT2D eigenvalue weighted by molar-refractivity contribution is 0.244. The summed E-state index contributed by atoms with van der Waals surface area (Å²) in [7, 11) is 0. The van der Waals surface area contributed by atoms with Crippen molar-refractivity contribution in [1.29, 1.82) is 0 Å². The lowest BCUT2D eigenvalue weighted by atomic mass is 9.96. The minimum absolute atomic E-state index is 0.115. The van der Waals surface area contributed by atoms with Crippen molar-refractivity contribution < 1.29 is 13.5 Å². The molecular weight excluding hydrogens is 458 g/mol. The minimum Gasteiger partial charge on any atom is -0.486 e. The van der Waals surface area contributed by atoms with Crippen LogP contribution in [0.3, 0.4) is 0 Å². The Bertz CT molecular complexity index is 1290. The van der Waals surface area contributed by atoms with Crippen molar-refractivity contribution in [1.82, 2.24) is 14.9 Å². The third kappa shape index (κ3) is 4.69. The van der Waals surface area contributed by atoms with Gasteiger partial charge in [0.25, 0.3) is 0 Å². The Kier molecular flexibility index (Phi) is 6.12. The number of anilines is 1. The lowest BCUT2D eigenvalue weighted by Crippen LogP contribution is -2.38. The summed E-state index contributed by atoms with van der Waals surface area (Å²) in [4.78, 5) is 13.4. The van der Waals surface area contributed by atoms with Gasteiger partial charge in [0.2, 0.25) is 0 Å². The van der Waals surface area contributed by atoms with Crippen LogP contribution in [0, 0.1) is 17.6 Å². The van der Waals surface area contributed by atoms with Crippen LogP contribution in [0.1, 0.15) is 49.2 Å². The zero-order valence-corrected chi connectivity index (χ0v) is 20.9. The summed E-state index contributed by atoms with van der Waals surface area (Å²) in [5, 5.41) is 0. The van der Waals surface area contributed by atoms with E-state index in [-0.39, 0.29) is 17.5 Å². The first-order valence-electron chi connectivity index (χ1n) is 13.0. The Balaban J connectivity index is 1.25. The topological polar surface area (TPSA) is 41.5 Å². The third-order valence-electron chi connectivity index (χ3n) is 7.54. The molecular formula is C29H32F2N4O. The Morgan fingerprint density at radius 3 is 2.72 bits per heavy atom. The molecule has 6 rings (SSSR count). The van der Waals surface area contributed by atoms with Gasteiger partial charge in [0, 0.05) is 37.7 Å². The molecule has 36 heavy (non-hydrogen) atoms. The van der Waals surface area contributed by atoms with E-state index in [1.165, 1.54) is 42.8 Å². The van der Waals surface area contributed by atoms with Gasteiger partial charge >= 0.3 is 0 Å². The van der Waals surface area contributed by atoms with Crippen molar-refractivity contribution in [2.24, 2.45) is 5.92 Å². The molecule has 0 N–H and O–H groups in total. The van der Waals surface area contributed by atoms with Crippen LogP contribution >= 0.6 is 0 Å². The molecule has 188 valence electrons. The van der Waals surface area contributed by atoms with Gasteiger partial charge < -0.3 is 9.64 Å². The highest BCUT2D eigenvalue weighted by Gasteiger charge is 2.27. The highest BCUT2D eigenvalue weighted by atomic mass is 19.1. The average molecular weight is 491 g/mol. The Morgan fingerprint density at radius 1 is 1.06 bits per heavy atom. The number of benzene rings is 2. The number of halogens is 2. The summed E-state index contributed by atoms with van der Waals surface area (Å²) in [6.45, 7) is 8.51. The summed E-state index contributed by atoms with van der Waals surface area (Å²) < 4.78 is 35.4. The van der Waals surface area contributed by atoms with Gasteiger partial charge in [-0.05, 0) is 67.9 Å². The van der Waals surface area contributed by atoms with Crippen molar-refractivity contribution >= 4 is 5.69 Å². The van der Waals surface area contributed by atoms with E-state index in [0.29, 0.717) is 36.6 Å². The smallest absolute Gasteiger partial charge is 0.178 e. The second kappa shape index (κ2) is 9.43. The number of nitrogens with zero attached hydrogens (tertiary/aromatic N) is 4. The highest BCUT2D eigenvalue weighted by Crippen LogP contribution is 2.39. The van der Waals surface area contributed by atoms with Gasteiger partial charge in [-0.25, -0.2) is 18.7 Å². The molecule has 2 aromatic carbocycles. The van der Waals surface area contributed by atoms with Gasteiger partial charge in [-0.1, -0.05) is 18.2 Å². The first-order valence-corrected chi connectivity index (χ1v) is 13.0. The predicted octanol–water partition coefficient (Wildman–Crippen LogP) is 5.39. The molecule has 5 nitrogen and oxygen atoms in total. The maximum Gasteiger partial charge on any atom is 0.178 e. The van der Waals surface area contributed by atoms with Crippen molar-refractivity contribution in [2.75, 3.05) is 31.1 Å². The number of rotatable bonds is 6. The van der Waals surface area contributed by atoms with E-state index in [4.69, 9.17) is 4.74 Å². The van der Waals surface area contributed by atoms with E-state index < -0.39 is 11.6 Å². The summed E-state index contributed by atoms with van der Waals surface area (Å²) in [6.07, 6.45) is 5.50. The molecule has 3 heterocycles. The first kappa shape index (κ1) is 23.3. The predicted molar refractivity (Wildman–Crippen MR) is 136 cm³/mol. The van der Waals surface area contributed by atoms with Crippen LogP contribution < -0.4 is 9.64 Å². The van der Waals surface area contributed by atoms with E-state index in [0.717, 1.165) is 31.0 Å². The molecule has 0 atom stereocenters. The third-order valence-corrected chi connectivity index (χ3v) is 7.54. The molecule has 1 fully saturated rings. The van der Waals surface area contributed by atoms with Crippen LogP contribution in [0.4, 0.5) is 14.5 Å². The van der Waals surface area contributed by atoms with Crippen LogP contribution in [-0.2, 0) is 19.4 Å². The zero-order valence-electron chi connectivity index (χ0n) is 20.9. The van der Waals surface area contributed by atoms with E-state index in [9.17, 15) is 8.78 Å². The highest BCUT2D eigenvalue weighted by molar-refractivity contribution is 5.72. The molecule has 7 heteroatoms. The molecule has 1 aromatic heterocycles. The fourth-order valence-electron chi connectivity index (χ4n) is 5.44. The number of hydrogen-bond acceptors (Lipinski definition) is 5. The van der Waals surface area contributed by atoms with Gasteiger partial charge in [0.15, 0.2) is 17.4 Å². The second-order valence-corrected chi connectivity index (χ2v) is 10.6. The maximum absolute atomic E-state index is 15.0. The molecule has 1 saturated carbocycles. The van der Waals surface area contributed by atoms with Gasteiger partial charge in [-0.2, -0.15) is 0 Å². The largest absolute Gasteiger partial charge is 0.486 e. The zero-order chi connectivity index (χ0) is 24.8. The molecule has 0 saturated heterocycles. The second-order valence-electron chi connectivity index (χ2n) is 10.6.